The Balaban J connectivity index is 1.59. The molecule has 0 aliphatic carbocycles. The highest BCUT2D eigenvalue weighted by Crippen LogP contribution is 2.28. The predicted molar refractivity (Wildman–Crippen MR) is 96.1 cm³/mol. The van der Waals surface area contributed by atoms with E-state index < -0.39 is 6.10 Å². The zero-order valence-electron chi connectivity index (χ0n) is 14.6. The maximum Gasteiger partial charge on any atom is 0.261 e. The maximum atomic E-state index is 12.5. The van der Waals surface area contributed by atoms with Gasteiger partial charge in [0.25, 0.3) is 5.91 Å². The molecule has 1 N–H and O–H groups in total. The third kappa shape index (κ3) is 3.78. The van der Waals surface area contributed by atoms with Crippen molar-refractivity contribution >= 4 is 5.91 Å². The Labute approximate surface area is 144 Å². The first kappa shape index (κ1) is 16.6. The number of fused-ring (bicyclic) bond motifs is 1. The fraction of sp³-hybridized carbons (Fsp3) is 0.381. The summed E-state index contributed by atoms with van der Waals surface area (Å²) in [6.07, 6.45) is 1.29. The summed E-state index contributed by atoms with van der Waals surface area (Å²) in [6, 6.07) is 16.3. The number of nitrogens with one attached hydrogen (secondary N) is 1. The smallest absolute Gasteiger partial charge is 0.261 e. The van der Waals surface area contributed by atoms with Crippen molar-refractivity contribution in [3.05, 3.63) is 65.2 Å². The van der Waals surface area contributed by atoms with Crippen LogP contribution >= 0.6 is 0 Å². The summed E-state index contributed by atoms with van der Waals surface area (Å²) in [5, 5.41) is 3.07. The first-order chi connectivity index (χ1) is 11.5. The van der Waals surface area contributed by atoms with Crippen molar-refractivity contribution in [3.8, 4) is 5.75 Å². The maximum absolute atomic E-state index is 12.5. The van der Waals surface area contributed by atoms with Gasteiger partial charge in [0.15, 0.2) is 6.10 Å². The minimum absolute atomic E-state index is 0.0297. The number of carbonyl (C=O) groups excluding carboxylic acids is 1. The van der Waals surface area contributed by atoms with Crippen molar-refractivity contribution in [2.45, 2.75) is 45.8 Å². The molecule has 0 aromatic heterocycles. The molecular weight excluding hydrogens is 298 g/mol. The van der Waals surface area contributed by atoms with Gasteiger partial charge < -0.3 is 10.1 Å². The Morgan fingerprint density at radius 3 is 2.50 bits per heavy atom. The van der Waals surface area contributed by atoms with E-state index in [-0.39, 0.29) is 11.9 Å². The van der Waals surface area contributed by atoms with Crippen LogP contribution in [0.2, 0.25) is 0 Å². The fourth-order valence-electron chi connectivity index (χ4n) is 3.13. The van der Waals surface area contributed by atoms with Gasteiger partial charge in [0, 0.05) is 6.42 Å². The predicted octanol–water partition coefficient (Wildman–Crippen LogP) is 4.07. The van der Waals surface area contributed by atoms with Gasteiger partial charge in [-0.15, -0.1) is 0 Å². The number of hydrogen-bond acceptors (Lipinski definition) is 2. The number of amides is 1. The highest BCUT2D eigenvalue weighted by atomic mass is 16.5. The van der Waals surface area contributed by atoms with Crippen LogP contribution in [0.3, 0.4) is 0 Å². The number of carbonyl (C=O) groups is 1. The second kappa shape index (κ2) is 7.08. The van der Waals surface area contributed by atoms with Crippen LogP contribution in [-0.4, -0.2) is 12.0 Å². The van der Waals surface area contributed by atoms with Gasteiger partial charge in [0.1, 0.15) is 5.75 Å². The molecule has 1 amide bonds. The molecule has 3 nitrogen and oxygen atoms in total. The average molecular weight is 323 g/mol. The monoisotopic (exact) mass is 323 g/mol. The summed E-state index contributed by atoms with van der Waals surface area (Å²) < 4.78 is 5.76. The number of hydrogen-bond donors (Lipinski definition) is 1. The minimum Gasteiger partial charge on any atom is -0.480 e. The Morgan fingerprint density at radius 2 is 1.83 bits per heavy atom. The first-order valence-corrected chi connectivity index (χ1v) is 8.66. The van der Waals surface area contributed by atoms with E-state index in [0.29, 0.717) is 12.3 Å². The van der Waals surface area contributed by atoms with Crippen molar-refractivity contribution < 1.29 is 9.53 Å². The molecule has 0 saturated carbocycles. The first-order valence-electron chi connectivity index (χ1n) is 8.66. The molecule has 2 aromatic rings. The molecule has 2 atom stereocenters. The summed E-state index contributed by atoms with van der Waals surface area (Å²) in [5.41, 5.74) is 3.55. The molecule has 24 heavy (non-hydrogen) atoms. The average Bonchev–Trinajstić information content (AvgIpc) is 2.99. The molecule has 0 fully saturated rings. The van der Waals surface area contributed by atoms with Crippen molar-refractivity contribution in [1.82, 2.24) is 5.32 Å². The normalized spacial score (nSPS) is 17.2. The molecule has 0 bridgehead atoms. The number of para-hydroxylation sites is 1. The van der Waals surface area contributed by atoms with E-state index in [9.17, 15) is 4.79 Å². The number of ether oxygens (including phenoxy) is 1. The van der Waals surface area contributed by atoms with Crippen LogP contribution in [0.15, 0.2) is 48.5 Å². The van der Waals surface area contributed by atoms with E-state index in [1.807, 2.05) is 31.2 Å². The number of rotatable bonds is 5. The molecule has 0 radical (unpaired) electrons. The zero-order chi connectivity index (χ0) is 17.1. The van der Waals surface area contributed by atoms with E-state index in [1.54, 1.807) is 0 Å². The van der Waals surface area contributed by atoms with Gasteiger partial charge in [-0.05, 0) is 42.0 Å². The molecular formula is C21H25NO2. The lowest BCUT2D eigenvalue weighted by Gasteiger charge is -2.18. The van der Waals surface area contributed by atoms with Crippen LogP contribution in [0.1, 0.15) is 43.5 Å². The third-order valence-electron chi connectivity index (χ3n) is 4.42. The Morgan fingerprint density at radius 1 is 1.12 bits per heavy atom. The van der Waals surface area contributed by atoms with Gasteiger partial charge >= 0.3 is 0 Å². The Kier molecular flexibility index (Phi) is 4.89. The Bertz CT molecular complexity index is 681. The molecule has 3 heteroatoms. The van der Waals surface area contributed by atoms with Crippen molar-refractivity contribution in [2.75, 3.05) is 0 Å². The van der Waals surface area contributed by atoms with Gasteiger partial charge in [-0.2, -0.15) is 0 Å². The molecule has 0 saturated heterocycles. The number of benzene rings is 2. The summed E-state index contributed by atoms with van der Waals surface area (Å²) in [5.74, 6) is 1.42. The van der Waals surface area contributed by atoms with Crippen LogP contribution in [-0.2, 0) is 17.6 Å². The molecule has 0 spiro atoms. The van der Waals surface area contributed by atoms with Gasteiger partial charge in [-0.3, -0.25) is 4.79 Å². The highest BCUT2D eigenvalue weighted by Gasteiger charge is 2.29. The largest absolute Gasteiger partial charge is 0.480 e. The quantitative estimate of drug-likeness (QED) is 0.901. The van der Waals surface area contributed by atoms with Gasteiger partial charge in [0.2, 0.25) is 0 Å². The molecule has 1 heterocycles. The molecule has 2 aromatic carbocycles. The highest BCUT2D eigenvalue weighted by molar-refractivity contribution is 5.82. The second-order valence-electron chi connectivity index (χ2n) is 6.99. The van der Waals surface area contributed by atoms with E-state index in [1.165, 1.54) is 5.56 Å². The van der Waals surface area contributed by atoms with Gasteiger partial charge in [-0.1, -0.05) is 56.3 Å². The lowest BCUT2D eigenvalue weighted by molar-refractivity contribution is -0.127. The third-order valence-corrected chi connectivity index (χ3v) is 4.42. The standard InChI is InChI=1S/C21H25NO2/c1-14(2)12-16-8-10-17(11-9-16)15(3)22-21(23)20-13-18-6-4-5-7-19(18)24-20/h4-11,14-15,20H,12-13H2,1-3H3,(H,22,23). The SMILES string of the molecule is CC(C)Cc1ccc(C(C)NC(=O)C2Cc3ccccc3O2)cc1. The topological polar surface area (TPSA) is 38.3 Å². The summed E-state index contributed by atoms with van der Waals surface area (Å²) in [7, 11) is 0. The molecule has 1 aliphatic rings. The van der Waals surface area contributed by atoms with Crippen LogP contribution in [0.5, 0.6) is 5.75 Å². The molecule has 126 valence electrons. The lowest BCUT2D eigenvalue weighted by Crippen LogP contribution is -2.38. The Hall–Kier alpha value is -2.29. The van der Waals surface area contributed by atoms with Crippen molar-refractivity contribution in [1.29, 1.82) is 0 Å². The van der Waals surface area contributed by atoms with E-state index in [4.69, 9.17) is 4.74 Å². The summed E-state index contributed by atoms with van der Waals surface area (Å²) >= 11 is 0. The molecule has 3 rings (SSSR count). The lowest BCUT2D eigenvalue weighted by atomic mass is 10.00. The van der Waals surface area contributed by atoms with E-state index in [2.05, 4.69) is 43.4 Å². The van der Waals surface area contributed by atoms with Gasteiger partial charge in [0.05, 0.1) is 6.04 Å². The van der Waals surface area contributed by atoms with E-state index in [0.717, 1.165) is 23.3 Å². The minimum atomic E-state index is -0.426. The van der Waals surface area contributed by atoms with Crippen LogP contribution in [0, 0.1) is 5.92 Å². The second-order valence-corrected chi connectivity index (χ2v) is 6.99. The summed E-state index contributed by atoms with van der Waals surface area (Å²) in [4.78, 5) is 12.5. The van der Waals surface area contributed by atoms with Crippen LogP contribution in [0.4, 0.5) is 0 Å². The molecule has 2 unspecified atom stereocenters. The van der Waals surface area contributed by atoms with E-state index >= 15 is 0 Å². The fourth-order valence-corrected chi connectivity index (χ4v) is 3.13. The summed E-state index contributed by atoms with van der Waals surface area (Å²) in [6.45, 7) is 6.45. The van der Waals surface area contributed by atoms with Crippen molar-refractivity contribution in [2.24, 2.45) is 5.92 Å². The van der Waals surface area contributed by atoms with Crippen LogP contribution < -0.4 is 10.1 Å². The van der Waals surface area contributed by atoms with Gasteiger partial charge in [-0.25, -0.2) is 0 Å². The molecule has 1 aliphatic heterocycles. The zero-order valence-corrected chi connectivity index (χ0v) is 14.6. The van der Waals surface area contributed by atoms with Crippen LogP contribution in [0.25, 0.3) is 0 Å². The van der Waals surface area contributed by atoms with Crippen molar-refractivity contribution in [3.63, 3.8) is 0 Å².